The molecule has 0 saturated heterocycles. The molecule has 0 bridgehead atoms. The van der Waals surface area contributed by atoms with Gasteiger partial charge in [-0.3, -0.25) is 0 Å². The lowest BCUT2D eigenvalue weighted by Crippen LogP contribution is -2.10. The Kier molecular flexibility index (Phi) is 6.61. The topological polar surface area (TPSA) is 49.8 Å². The van der Waals surface area contributed by atoms with Gasteiger partial charge in [-0.1, -0.05) is 38.0 Å². The van der Waals surface area contributed by atoms with Gasteiger partial charge < -0.3 is 10.6 Å². The van der Waals surface area contributed by atoms with E-state index in [1.165, 1.54) is 18.9 Å². The molecule has 5 heteroatoms. The normalized spacial score (nSPS) is 10.5. The van der Waals surface area contributed by atoms with Crippen molar-refractivity contribution >= 4 is 11.8 Å². The van der Waals surface area contributed by atoms with E-state index in [0.29, 0.717) is 24.5 Å². The largest absolute Gasteiger partial charge is 0.370 e. The van der Waals surface area contributed by atoms with Crippen molar-refractivity contribution in [1.29, 1.82) is 0 Å². The molecule has 0 aliphatic rings. The molecule has 1 aromatic heterocycles. The summed E-state index contributed by atoms with van der Waals surface area (Å²) in [5.41, 5.74) is 0.698. The third-order valence-electron chi connectivity index (χ3n) is 3.38. The van der Waals surface area contributed by atoms with Crippen LogP contribution in [0.4, 0.5) is 16.2 Å². The number of nitrogens with zero attached hydrogens (tertiary/aromatic N) is 2. The third-order valence-corrected chi connectivity index (χ3v) is 3.38. The summed E-state index contributed by atoms with van der Waals surface area (Å²) in [6.45, 7) is 3.70. The number of benzene rings is 1. The van der Waals surface area contributed by atoms with E-state index in [1.807, 2.05) is 12.1 Å². The summed E-state index contributed by atoms with van der Waals surface area (Å²) in [5, 5.41) is 6.42. The van der Waals surface area contributed by atoms with Crippen LogP contribution in [0.25, 0.3) is 0 Å². The second-order valence-corrected chi connectivity index (χ2v) is 5.17. The standard InChI is InChI=1S/C17H23FN4/c1-2-3-6-11-19-16-10-13-21-17(22-16)20-12-9-14-7-4-5-8-15(14)18/h4-5,7-8,10,13H,2-3,6,9,11-12H2,1H3,(H2,19,20,21,22). The molecule has 0 radical (unpaired) electrons. The van der Waals surface area contributed by atoms with Gasteiger partial charge in [0.1, 0.15) is 11.6 Å². The van der Waals surface area contributed by atoms with E-state index in [2.05, 4.69) is 27.5 Å². The number of halogens is 1. The maximum absolute atomic E-state index is 13.5. The lowest BCUT2D eigenvalue weighted by molar-refractivity contribution is 0.610. The van der Waals surface area contributed by atoms with Gasteiger partial charge in [0.2, 0.25) is 5.95 Å². The smallest absolute Gasteiger partial charge is 0.224 e. The summed E-state index contributed by atoms with van der Waals surface area (Å²) < 4.78 is 13.5. The lowest BCUT2D eigenvalue weighted by atomic mass is 10.1. The SMILES string of the molecule is CCCCCNc1ccnc(NCCc2ccccc2F)n1. The van der Waals surface area contributed by atoms with Crippen LogP contribution in [-0.2, 0) is 6.42 Å². The summed E-state index contributed by atoms with van der Waals surface area (Å²) in [6, 6.07) is 8.67. The molecule has 0 fully saturated rings. The molecule has 4 nitrogen and oxygen atoms in total. The zero-order valence-corrected chi connectivity index (χ0v) is 13.0. The molecule has 1 aromatic carbocycles. The van der Waals surface area contributed by atoms with Crippen molar-refractivity contribution in [3.63, 3.8) is 0 Å². The summed E-state index contributed by atoms with van der Waals surface area (Å²) in [5.74, 6) is 1.22. The van der Waals surface area contributed by atoms with Crippen molar-refractivity contribution in [3.05, 3.63) is 47.9 Å². The Hall–Kier alpha value is -2.17. The molecule has 0 aliphatic carbocycles. The summed E-state index contributed by atoms with van der Waals surface area (Å²) >= 11 is 0. The monoisotopic (exact) mass is 302 g/mol. The highest BCUT2D eigenvalue weighted by atomic mass is 19.1. The number of anilines is 2. The van der Waals surface area contributed by atoms with E-state index in [1.54, 1.807) is 18.3 Å². The molecule has 0 spiro atoms. The van der Waals surface area contributed by atoms with Crippen LogP contribution in [0.1, 0.15) is 31.7 Å². The number of nitrogens with one attached hydrogen (secondary N) is 2. The van der Waals surface area contributed by atoms with Crippen LogP contribution in [0, 0.1) is 5.82 Å². The molecular weight excluding hydrogens is 279 g/mol. The highest BCUT2D eigenvalue weighted by Crippen LogP contribution is 2.09. The van der Waals surface area contributed by atoms with Gasteiger partial charge in [-0.05, 0) is 30.5 Å². The van der Waals surface area contributed by atoms with Crippen molar-refractivity contribution in [3.8, 4) is 0 Å². The zero-order chi connectivity index (χ0) is 15.6. The molecule has 0 atom stereocenters. The number of rotatable bonds is 9. The third kappa shape index (κ3) is 5.31. The molecule has 1 heterocycles. The number of hydrogen-bond acceptors (Lipinski definition) is 4. The van der Waals surface area contributed by atoms with Crippen molar-refractivity contribution in [2.75, 3.05) is 23.7 Å². The summed E-state index contributed by atoms with van der Waals surface area (Å²) in [7, 11) is 0. The van der Waals surface area contributed by atoms with Crippen LogP contribution in [0.15, 0.2) is 36.5 Å². The van der Waals surface area contributed by atoms with Crippen LogP contribution in [-0.4, -0.2) is 23.1 Å². The first-order valence-corrected chi connectivity index (χ1v) is 7.84. The van der Waals surface area contributed by atoms with Crippen LogP contribution in [0.2, 0.25) is 0 Å². The Morgan fingerprint density at radius 3 is 2.73 bits per heavy atom. The van der Waals surface area contributed by atoms with E-state index in [-0.39, 0.29) is 5.82 Å². The molecule has 0 unspecified atom stereocenters. The minimum absolute atomic E-state index is 0.170. The predicted molar refractivity (Wildman–Crippen MR) is 88.6 cm³/mol. The van der Waals surface area contributed by atoms with Gasteiger partial charge in [-0.15, -0.1) is 0 Å². The lowest BCUT2D eigenvalue weighted by Gasteiger charge is -2.08. The number of aromatic nitrogens is 2. The van der Waals surface area contributed by atoms with E-state index in [0.717, 1.165) is 18.8 Å². The highest BCUT2D eigenvalue weighted by molar-refractivity contribution is 5.39. The fourth-order valence-electron chi connectivity index (χ4n) is 2.14. The first-order valence-electron chi connectivity index (χ1n) is 7.84. The Morgan fingerprint density at radius 1 is 1.05 bits per heavy atom. The van der Waals surface area contributed by atoms with E-state index < -0.39 is 0 Å². The minimum Gasteiger partial charge on any atom is -0.370 e. The van der Waals surface area contributed by atoms with Gasteiger partial charge in [0, 0.05) is 19.3 Å². The first-order chi connectivity index (χ1) is 10.8. The maximum Gasteiger partial charge on any atom is 0.224 e. The summed E-state index contributed by atoms with van der Waals surface area (Å²) in [4.78, 5) is 8.58. The molecule has 22 heavy (non-hydrogen) atoms. The van der Waals surface area contributed by atoms with Crippen LogP contribution in [0.5, 0.6) is 0 Å². The second kappa shape index (κ2) is 8.97. The fraction of sp³-hybridized carbons (Fsp3) is 0.412. The van der Waals surface area contributed by atoms with E-state index >= 15 is 0 Å². The quantitative estimate of drug-likeness (QED) is 0.690. The molecule has 118 valence electrons. The first kappa shape index (κ1) is 16.2. The average molecular weight is 302 g/mol. The van der Waals surface area contributed by atoms with E-state index in [9.17, 15) is 4.39 Å². The van der Waals surface area contributed by atoms with Crippen molar-refractivity contribution in [2.24, 2.45) is 0 Å². The Balaban J connectivity index is 1.79. The Bertz CT molecular complexity index is 574. The average Bonchev–Trinajstić information content (AvgIpc) is 2.54. The van der Waals surface area contributed by atoms with Gasteiger partial charge in [-0.2, -0.15) is 4.98 Å². The molecular formula is C17H23FN4. The van der Waals surface area contributed by atoms with E-state index in [4.69, 9.17) is 0 Å². The minimum atomic E-state index is -0.170. The molecule has 0 aliphatic heterocycles. The fourth-order valence-corrected chi connectivity index (χ4v) is 2.14. The Morgan fingerprint density at radius 2 is 1.91 bits per heavy atom. The molecule has 2 aromatic rings. The van der Waals surface area contributed by atoms with Crippen LogP contribution >= 0.6 is 0 Å². The molecule has 0 saturated carbocycles. The maximum atomic E-state index is 13.5. The zero-order valence-electron chi connectivity index (χ0n) is 13.0. The van der Waals surface area contributed by atoms with Gasteiger partial charge in [0.15, 0.2) is 0 Å². The van der Waals surface area contributed by atoms with Gasteiger partial charge >= 0.3 is 0 Å². The highest BCUT2D eigenvalue weighted by Gasteiger charge is 2.02. The van der Waals surface area contributed by atoms with Gasteiger partial charge in [-0.25, -0.2) is 9.37 Å². The van der Waals surface area contributed by atoms with Crippen LogP contribution < -0.4 is 10.6 Å². The molecule has 0 amide bonds. The van der Waals surface area contributed by atoms with Crippen LogP contribution in [0.3, 0.4) is 0 Å². The van der Waals surface area contributed by atoms with Crippen molar-refractivity contribution in [1.82, 2.24) is 9.97 Å². The van der Waals surface area contributed by atoms with Gasteiger partial charge in [0.25, 0.3) is 0 Å². The second-order valence-electron chi connectivity index (χ2n) is 5.17. The Labute approximate surface area is 131 Å². The number of hydrogen-bond donors (Lipinski definition) is 2. The number of unbranched alkanes of at least 4 members (excludes halogenated alkanes) is 2. The van der Waals surface area contributed by atoms with Crippen molar-refractivity contribution in [2.45, 2.75) is 32.6 Å². The predicted octanol–water partition coefficient (Wildman–Crippen LogP) is 3.87. The summed E-state index contributed by atoms with van der Waals surface area (Å²) in [6.07, 6.45) is 5.88. The van der Waals surface area contributed by atoms with Crippen molar-refractivity contribution < 1.29 is 4.39 Å². The van der Waals surface area contributed by atoms with Gasteiger partial charge in [0.05, 0.1) is 0 Å². The molecule has 2 N–H and O–H groups in total. The molecule has 2 rings (SSSR count).